The van der Waals surface area contributed by atoms with Crippen molar-refractivity contribution in [3.63, 3.8) is 0 Å². The molecular formula is C18H22N2O6. The zero-order valence-electron chi connectivity index (χ0n) is 14.7. The van der Waals surface area contributed by atoms with Crippen LogP contribution in [0.1, 0.15) is 10.6 Å². The van der Waals surface area contributed by atoms with Gasteiger partial charge < -0.3 is 28.8 Å². The molecule has 8 nitrogen and oxygen atoms in total. The van der Waals surface area contributed by atoms with Crippen molar-refractivity contribution < 1.29 is 28.2 Å². The van der Waals surface area contributed by atoms with E-state index in [2.05, 4.69) is 5.32 Å². The van der Waals surface area contributed by atoms with E-state index in [1.807, 2.05) is 12.1 Å². The number of hydrogen-bond donors (Lipinski definition) is 1. The molecule has 8 heteroatoms. The van der Waals surface area contributed by atoms with E-state index in [4.69, 9.17) is 18.6 Å². The fraction of sp³-hybridized carbons (Fsp3) is 0.444. The molecule has 1 aromatic heterocycles. The first-order chi connectivity index (χ1) is 12.7. The highest BCUT2D eigenvalue weighted by molar-refractivity contribution is 6.11. The number of rotatable bonds is 7. The normalized spacial score (nSPS) is 14.6. The van der Waals surface area contributed by atoms with Crippen molar-refractivity contribution in [1.29, 1.82) is 0 Å². The number of fused-ring (bicyclic) bond motifs is 1. The van der Waals surface area contributed by atoms with Crippen LogP contribution in [0.2, 0.25) is 0 Å². The van der Waals surface area contributed by atoms with E-state index >= 15 is 0 Å². The predicted octanol–water partition coefficient (Wildman–Crippen LogP) is 1.51. The van der Waals surface area contributed by atoms with Crippen LogP contribution in [-0.2, 0) is 19.0 Å². The molecule has 0 atom stereocenters. The maximum atomic E-state index is 12.8. The molecule has 0 unspecified atom stereocenters. The molecule has 2 heterocycles. The predicted molar refractivity (Wildman–Crippen MR) is 94.3 cm³/mol. The van der Waals surface area contributed by atoms with Gasteiger partial charge in [0, 0.05) is 25.6 Å². The van der Waals surface area contributed by atoms with Crippen molar-refractivity contribution in [2.45, 2.75) is 0 Å². The Labute approximate surface area is 151 Å². The lowest BCUT2D eigenvalue weighted by Gasteiger charge is -2.26. The number of ether oxygens (including phenoxy) is 3. The van der Waals surface area contributed by atoms with Crippen LogP contribution in [0.15, 0.2) is 28.7 Å². The molecule has 0 spiro atoms. The van der Waals surface area contributed by atoms with Gasteiger partial charge in [0.2, 0.25) is 11.7 Å². The number of nitrogens with one attached hydrogen (secondary N) is 1. The maximum absolute atomic E-state index is 12.8. The minimum Gasteiger partial charge on any atom is -0.449 e. The highest BCUT2D eigenvalue weighted by atomic mass is 16.5. The summed E-state index contributed by atoms with van der Waals surface area (Å²) in [7, 11) is 1.56. The van der Waals surface area contributed by atoms with Crippen LogP contribution < -0.4 is 5.32 Å². The number of morpholine rings is 1. The Balaban J connectivity index is 1.80. The van der Waals surface area contributed by atoms with Crippen LogP contribution in [0.5, 0.6) is 0 Å². The number of nitrogens with zero attached hydrogens (tertiary/aromatic N) is 1. The summed E-state index contributed by atoms with van der Waals surface area (Å²) in [6, 6.07) is 7.20. The van der Waals surface area contributed by atoms with Crippen LogP contribution in [0.3, 0.4) is 0 Å². The van der Waals surface area contributed by atoms with Gasteiger partial charge in [-0.3, -0.25) is 9.59 Å². The fourth-order valence-corrected chi connectivity index (χ4v) is 2.71. The number of carbonyl (C=O) groups is 2. The lowest BCUT2D eigenvalue weighted by Crippen LogP contribution is -2.40. The molecule has 26 heavy (non-hydrogen) atoms. The average Bonchev–Trinajstić information content (AvgIpc) is 3.04. The van der Waals surface area contributed by atoms with E-state index in [0.29, 0.717) is 56.2 Å². The Morgan fingerprint density at radius 2 is 1.96 bits per heavy atom. The highest BCUT2D eigenvalue weighted by Crippen LogP contribution is 2.32. The van der Waals surface area contributed by atoms with Gasteiger partial charge in [-0.05, 0) is 12.1 Å². The van der Waals surface area contributed by atoms with Crippen LogP contribution in [0.25, 0.3) is 11.0 Å². The highest BCUT2D eigenvalue weighted by Gasteiger charge is 2.27. The number of anilines is 1. The summed E-state index contributed by atoms with van der Waals surface area (Å²) in [4.78, 5) is 26.7. The third-order valence-electron chi connectivity index (χ3n) is 4.02. The first kappa shape index (κ1) is 18.4. The van der Waals surface area contributed by atoms with Gasteiger partial charge in [-0.1, -0.05) is 12.1 Å². The van der Waals surface area contributed by atoms with Crippen LogP contribution >= 0.6 is 0 Å². The standard InChI is InChI=1S/C18H22N2O6/c1-23-10-11-25-12-15(21)19-16-13-4-2-3-5-14(13)26-17(16)18(22)20-6-8-24-9-7-20/h2-5H,6-12H2,1H3,(H,19,21). The summed E-state index contributed by atoms with van der Waals surface area (Å²) >= 11 is 0. The van der Waals surface area contributed by atoms with Gasteiger partial charge in [-0.2, -0.15) is 0 Å². The van der Waals surface area contributed by atoms with Gasteiger partial charge in [0.15, 0.2) is 0 Å². The molecule has 0 aliphatic carbocycles. The number of para-hydroxylation sites is 1. The van der Waals surface area contributed by atoms with Crippen LogP contribution in [0.4, 0.5) is 5.69 Å². The number of carbonyl (C=O) groups excluding carboxylic acids is 2. The first-order valence-electron chi connectivity index (χ1n) is 8.46. The molecule has 2 amide bonds. The largest absolute Gasteiger partial charge is 0.449 e. The van der Waals surface area contributed by atoms with E-state index in [1.165, 1.54) is 0 Å². The second-order valence-electron chi connectivity index (χ2n) is 5.80. The summed E-state index contributed by atoms with van der Waals surface area (Å²) in [5, 5.41) is 3.43. The zero-order chi connectivity index (χ0) is 18.4. The summed E-state index contributed by atoms with van der Waals surface area (Å²) < 4.78 is 21.1. The quantitative estimate of drug-likeness (QED) is 0.751. The van der Waals surface area contributed by atoms with Crippen molar-refractivity contribution in [3.8, 4) is 0 Å². The molecule has 1 fully saturated rings. The van der Waals surface area contributed by atoms with Gasteiger partial charge in [0.05, 0.1) is 26.4 Å². The molecule has 1 N–H and O–H groups in total. The summed E-state index contributed by atoms with van der Waals surface area (Å²) in [6.45, 7) is 2.54. The third kappa shape index (κ3) is 4.21. The Kier molecular flexibility index (Phi) is 6.21. The molecule has 3 rings (SSSR count). The molecule has 0 bridgehead atoms. The number of furan rings is 1. The van der Waals surface area contributed by atoms with Crippen molar-refractivity contribution in [2.24, 2.45) is 0 Å². The number of methoxy groups -OCH3 is 1. The zero-order valence-corrected chi connectivity index (χ0v) is 14.7. The molecule has 0 saturated carbocycles. The molecule has 1 saturated heterocycles. The number of hydrogen-bond acceptors (Lipinski definition) is 6. The smallest absolute Gasteiger partial charge is 0.291 e. The molecule has 0 radical (unpaired) electrons. The van der Waals surface area contributed by atoms with Crippen molar-refractivity contribution in [2.75, 3.05) is 58.6 Å². The SMILES string of the molecule is COCCOCC(=O)Nc1c(C(=O)N2CCOCC2)oc2ccccc12. The minimum atomic E-state index is -0.358. The first-order valence-corrected chi connectivity index (χ1v) is 8.46. The van der Waals surface area contributed by atoms with Crippen LogP contribution in [-0.4, -0.2) is 69.9 Å². The monoisotopic (exact) mass is 362 g/mol. The van der Waals surface area contributed by atoms with E-state index in [-0.39, 0.29) is 24.2 Å². The number of benzene rings is 1. The third-order valence-corrected chi connectivity index (χ3v) is 4.02. The maximum Gasteiger partial charge on any atom is 0.291 e. The molecule has 1 aliphatic heterocycles. The Bertz CT molecular complexity index is 766. The van der Waals surface area contributed by atoms with Crippen molar-refractivity contribution in [3.05, 3.63) is 30.0 Å². The van der Waals surface area contributed by atoms with Gasteiger partial charge in [-0.15, -0.1) is 0 Å². The second-order valence-corrected chi connectivity index (χ2v) is 5.80. The van der Waals surface area contributed by atoms with E-state index in [1.54, 1.807) is 24.1 Å². The molecular weight excluding hydrogens is 340 g/mol. The average molecular weight is 362 g/mol. The van der Waals surface area contributed by atoms with E-state index in [0.717, 1.165) is 0 Å². The summed E-state index contributed by atoms with van der Waals surface area (Å²) in [5.41, 5.74) is 0.914. The van der Waals surface area contributed by atoms with E-state index in [9.17, 15) is 9.59 Å². The van der Waals surface area contributed by atoms with E-state index < -0.39 is 0 Å². The second kappa shape index (κ2) is 8.79. The van der Waals surface area contributed by atoms with Gasteiger partial charge in [0.25, 0.3) is 5.91 Å². The molecule has 2 aromatic rings. The van der Waals surface area contributed by atoms with Gasteiger partial charge in [-0.25, -0.2) is 0 Å². The summed E-state index contributed by atoms with van der Waals surface area (Å²) in [6.07, 6.45) is 0. The fourth-order valence-electron chi connectivity index (χ4n) is 2.71. The van der Waals surface area contributed by atoms with Crippen LogP contribution in [0, 0.1) is 0 Å². The molecule has 1 aromatic carbocycles. The Morgan fingerprint density at radius 1 is 1.19 bits per heavy atom. The van der Waals surface area contributed by atoms with Crippen molar-refractivity contribution >= 4 is 28.5 Å². The summed E-state index contributed by atoms with van der Waals surface area (Å²) in [5.74, 6) is -0.498. The Morgan fingerprint density at radius 3 is 2.73 bits per heavy atom. The van der Waals surface area contributed by atoms with Gasteiger partial charge >= 0.3 is 0 Å². The van der Waals surface area contributed by atoms with Crippen molar-refractivity contribution in [1.82, 2.24) is 4.90 Å². The molecule has 1 aliphatic rings. The Hall–Kier alpha value is -2.42. The van der Waals surface area contributed by atoms with Gasteiger partial charge in [0.1, 0.15) is 17.9 Å². The lowest BCUT2D eigenvalue weighted by atomic mass is 10.2. The number of amides is 2. The minimum absolute atomic E-state index is 0.123. The lowest BCUT2D eigenvalue weighted by molar-refractivity contribution is -0.121. The topological polar surface area (TPSA) is 90.2 Å². The molecule has 140 valence electrons.